The molecular weight excluding hydrogens is 164 g/mol. The highest BCUT2D eigenvalue weighted by molar-refractivity contribution is 6.02. The fourth-order valence-corrected chi connectivity index (χ4v) is 1.48. The summed E-state index contributed by atoms with van der Waals surface area (Å²) in [6.45, 7) is 0.466. The summed E-state index contributed by atoms with van der Waals surface area (Å²) in [6.07, 6.45) is 5.15. The van der Waals surface area contributed by atoms with Crippen LogP contribution in [0, 0.1) is 5.41 Å². The van der Waals surface area contributed by atoms with E-state index in [0.29, 0.717) is 6.54 Å². The van der Waals surface area contributed by atoms with Gasteiger partial charge >= 0.3 is 0 Å². The van der Waals surface area contributed by atoms with E-state index in [1.165, 1.54) is 0 Å². The molecule has 13 heavy (non-hydrogen) atoms. The molecule has 3 heteroatoms. The maximum Gasteiger partial charge on any atom is 0.170 e. The van der Waals surface area contributed by atoms with E-state index in [4.69, 9.17) is 5.73 Å². The number of ketones is 1. The first-order valence-electron chi connectivity index (χ1n) is 4.43. The summed E-state index contributed by atoms with van der Waals surface area (Å²) in [5, 5.41) is 0. The fraction of sp³-hybridized carbons (Fsp3) is 0.400. The summed E-state index contributed by atoms with van der Waals surface area (Å²) in [5.41, 5.74) is 6.07. The lowest BCUT2D eigenvalue weighted by molar-refractivity contribution is 0.0905. The van der Waals surface area contributed by atoms with Crippen LogP contribution in [-0.4, -0.2) is 17.3 Å². The molecule has 1 aromatic rings. The zero-order valence-corrected chi connectivity index (χ0v) is 7.36. The number of carbonyl (C=O) groups excluding carboxylic acids is 1. The van der Waals surface area contributed by atoms with E-state index in [2.05, 4.69) is 4.98 Å². The van der Waals surface area contributed by atoms with E-state index in [9.17, 15) is 4.79 Å². The molecular formula is C10H12N2O. The third kappa shape index (κ3) is 1.35. The highest BCUT2D eigenvalue weighted by Crippen LogP contribution is 2.46. The van der Waals surface area contributed by atoms with Crippen molar-refractivity contribution >= 4 is 5.78 Å². The van der Waals surface area contributed by atoms with Crippen molar-refractivity contribution in [3.05, 3.63) is 30.1 Å². The first kappa shape index (κ1) is 8.38. The number of Topliss-reactive ketones (excluding diaryl/α,β-unsaturated/α-hetero) is 1. The fourth-order valence-electron chi connectivity index (χ4n) is 1.48. The quantitative estimate of drug-likeness (QED) is 0.699. The molecule has 1 aliphatic carbocycles. The van der Waals surface area contributed by atoms with Gasteiger partial charge in [0.05, 0.1) is 0 Å². The number of hydrogen-bond donors (Lipinski definition) is 1. The minimum atomic E-state index is -0.235. The maximum atomic E-state index is 11.9. The molecule has 0 saturated heterocycles. The Labute approximate surface area is 77.0 Å². The van der Waals surface area contributed by atoms with Crippen LogP contribution in [0.3, 0.4) is 0 Å². The number of nitrogens with zero attached hydrogens (tertiary/aromatic N) is 1. The Hall–Kier alpha value is -1.22. The Bertz CT molecular complexity index is 317. The van der Waals surface area contributed by atoms with E-state index >= 15 is 0 Å². The van der Waals surface area contributed by atoms with Crippen LogP contribution in [0.25, 0.3) is 0 Å². The number of pyridine rings is 1. The summed E-state index contributed by atoms with van der Waals surface area (Å²) in [4.78, 5) is 15.7. The topological polar surface area (TPSA) is 56.0 Å². The van der Waals surface area contributed by atoms with Crippen molar-refractivity contribution in [1.82, 2.24) is 4.98 Å². The molecule has 0 spiro atoms. The van der Waals surface area contributed by atoms with Gasteiger partial charge in [0.1, 0.15) is 0 Å². The molecule has 0 aromatic carbocycles. The van der Waals surface area contributed by atoms with E-state index in [0.717, 1.165) is 18.4 Å². The third-order valence-electron chi connectivity index (χ3n) is 2.67. The zero-order chi connectivity index (χ0) is 9.31. The molecule has 1 aliphatic rings. The van der Waals surface area contributed by atoms with Crippen LogP contribution in [0.2, 0.25) is 0 Å². The number of rotatable bonds is 3. The first-order chi connectivity index (χ1) is 6.28. The monoisotopic (exact) mass is 176 g/mol. The Morgan fingerprint density at radius 3 is 2.54 bits per heavy atom. The first-order valence-corrected chi connectivity index (χ1v) is 4.43. The van der Waals surface area contributed by atoms with Crippen molar-refractivity contribution in [2.75, 3.05) is 6.54 Å². The van der Waals surface area contributed by atoms with Crippen LogP contribution in [0.4, 0.5) is 0 Å². The summed E-state index contributed by atoms with van der Waals surface area (Å²) >= 11 is 0. The summed E-state index contributed by atoms with van der Waals surface area (Å²) in [7, 11) is 0. The highest BCUT2D eigenvalue weighted by atomic mass is 16.1. The lowest BCUT2D eigenvalue weighted by Crippen LogP contribution is -2.25. The summed E-state index contributed by atoms with van der Waals surface area (Å²) in [6, 6.07) is 3.50. The summed E-state index contributed by atoms with van der Waals surface area (Å²) in [5.74, 6) is 0.178. The van der Waals surface area contributed by atoms with Gasteiger partial charge in [-0.2, -0.15) is 0 Å². The van der Waals surface area contributed by atoms with Gasteiger partial charge in [-0.3, -0.25) is 9.78 Å². The molecule has 3 nitrogen and oxygen atoms in total. The number of carbonyl (C=O) groups is 1. The molecule has 1 aromatic heterocycles. The van der Waals surface area contributed by atoms with Gasteiger partial charge in [0.15, 0.2) is 5.78 Å². The molecule has 1 fully saturated rings. The molecule has 0 bridgehead atoms. The molecule has 68 valence electrons. The molecule has 0 atom stereocenters. The van der Waals surface area contributed by atoms with E-state index in [1.807, 2.05) is 0 Å². The average Bonchev–Trinajstić information content (AvgIpc) is 2.99. The SMILES string of the molecule is NCC1(C(=O)c2ccncc2)CC1. The molecule has 1 saturated carbocycles. The van der Waals surface area contributed by atoms with Crippen molar-refractivity contribution < 1.29 is 4.79 Å². The maximum absolute atomic E-state index is 11.9. The lowest BCUT2D eigenvalue weighted by Gasteiger charge is -2.09. The Morgan fingerprint density at radius 2 is 2.08 bits per heavy atom. The largest absolute Gasteiger partial charge is 0.329 e. The molecule has 2 rings (SSSR count). The molecule has 1 heterocycles. The van der Waals surface area contributed by atoms with Crippen molar-refractivity contribution in [3.8, 4) is 0 Å². The summed E-state index contributed by atoms with van der Waals surface area (Å²) < 4.78 is 0. The van der Waals surface area contributed by atoms with Gasteiger partial charge in [-0.15, -0.1) is 0 Å². The van der Waals surface area contributed by atoms with Crippen LogP contribution < -0.4 is 5.73 Å². The predicted molar refractivity (Wildman–Crippen MR) is 49.3 cm³/mol. The highest BCUT2D eigenvalue weighted by Gasteiger charge is 2.48. The molecule has 0 radical (unpaired) electrons. The Morgan fingerprint density at radius 1 is 1.46 bits per heavy atom. The van der Waals surface area contributed by atoms with Crippen molar-refractivity contribution in [2.45, 2.75) is 12.8 Å². The van der Waals surface area contributed by atoms with Crippen LogP contribution in [-0.2, 0) is 0 Å². The average molecular weight is 176 g/mol. The van der Waals surface area contributed by atoms with Gasteiger partial charge in [0, 0.05) is 29.9 Å². The molecule has 0 aliphatic heterocycles. The third-order valence-corrected chi connectivity index (χ3v) is 2.67. The van der Waals surface area contributed by atoms with Crippen LogP contribution in [0.5, 0.6) is 0 Å². The van der Waals surface area contributed by atoms with Crippen LogP contribution in [0.15, 0.2) is 24.5 Å². The Balaban J connectivity index is 2.24. The van der Waals surface area contributed by atoms with Gasteiger partial charge in [-0.05, 0) is 25.0 Å². The number of nitrogens with two attached hydrogens (primary N) is 1. The van der Waals surface area contributed by atoms with E-state index < -0.39 is 0 Å². The van der Waals surface area contributed by atoms with Gasteiger partial charge in [-0.1, -0.05) is 0 Å². The van der Waals surface area contributed by atoms with Crippen molar-refractivity contribution in [1.29, 1.82) is 0 Å². The van der Waals surface area contributed by atoms with Gasteiger partial charge in [-0.25, -0.2) is 0 Å². The smallest absolute Gasteiger partial charge is 0.170 e. The molecule has 2 N–H and O–H groups in total. The lowest BCUT2D eigenvalue weighted by atomic mass is 9.96. The zero-order valence-electron chi connectivity index (χ0n) is 7.36. The minimum absolute atomic E-state index is 0.178. The van der Waals surface area contributed by atoms with E-state index in [-0.39, 0.29) is 11.2 Å². The normalized spacial score (nSPS) is 18.2. The van der Waals surface area contributed by atoms with Gasteiger partial charge in [0.2, 0.25) is 0 Å². The van der Waals surface area contributed by atoms with Crippen LogP contribution in [0.1, 0.15) is 23.2 Å². The van der Waals surface area contributed by atoms with E-state index in [1.54, 1.807) is 24.5 Å². The minimum Gasteiger partial charge on any atom is -0.329 e. The van der Waals surface area contributed by atoms with Gasteiger partial charge < -0.3 is 5.73 Å². The second-order valence-electron chi connectivity index (χ2n) is 3.55. The number of aromatic nitrogens is 1. The molecule has 0 unspecified atom stereocenters. The second-order valence-corrected chi connectivity index (χ2v) is 3.55. The standard InChI is InChI=1S/C10H12N2O/c11-7-10(3-4-10)9(13)8-1-5-12-6-2-8/h1-2,5-6H,3-4,7,11H2. The second kappa shape index (κ2) is 2.92. The molecule has 0 amide bonds. The van der Waals surface area contributed by atoms with Crippen molar-refractivity contribution in [2.24, 2.45) is 11.1 Å². The van der Waals surface area contributed by atoms with Gasteiger partial charge in [0.25, 0.3) is 0 Å². The van der Waals surface area contributed by atoms with Crippen LogP contribution >= 0.6 is 0 Å². The van der Waals surface area contributed by atoms with Crippen molar-refractivity contribution in [3.63, 3.8) is 0 Å². The number of hydrogen-bond acceptors (Lipinski definition) is 3. The predicted octanol–water partition coefficient (Wildman–Crippen LogP) is 1.00. The Kier molecular flexibility index (Phi) is 1.88.